The van der Waals surface area contributed by atoms with E-state index in [1.54, 1.807) is 0 Å². The average molecular weight is 398 g/mol. The van der Waals surface area contributed by atoms with Crippen LogP contribution in [0.2, 0.25) is 0 Å². The summed E-state index contributed by atoms with van der Waals surface area (Å²) in [5.74, 6) is 0. The van der Waals surface area contributed by atoms with E-state index >= 15 is 0 Å². The van der Waals surface area contributed by atoms with E-state index in [1.165, 1.54) is 55.8 Å². The molecule has 2 aromatic heterocycles. The molecule has 0 aliphatic rings. The second-order valence-corrected chi connectivity index (χ2v) is 8.45. The van der Waals surface area contributed by atoms with Crippen molar-refractivity contribution in [3.05, 3.63) is 88.4 Å². The number of pyridine rings is 1. The zero-order chi connectivity index (χ0) is 21.4. The van der Waals surface area contributed by atoms with Gasteiger partial charge in [-0.2, -0.15) is 4.40 Å². The molecule has 2 nitrogen and oxygen atoms in total. The van der Waals surface area contributed by atoms with E-state index in [0.717, 1.165) is 19.3 Å². The maximum atomic E-state index is 2.40. The predicted molar refractivity (Wildman–Crippen MR) is 127 cm³/mol. The molecule has 30 heavy (non-hydrogen) atoms. The molecule has 0 N–H and O–H groups in total. The molecule has 0 saturated carbocycles. The predicted octanol–water partition coefficient (Wildman–Crippen LogP) is 6.50. The third-order valence-electron chi connectivity index (χ3n) is 6.25. The highest BCUT2D eigenvalue weighted by atomic mass is 15.1. The monoisotopic (exact) mass is 397 g/mol. The minimum atomic E-state index is 1.05. The van der Waals surface area contributed by atoms with Crippen LogP contribution in [0.15, 0.2) is 55.0 Å². The summed E-state index contributed by atoms with van der Waals surface area (Å²) in [6.45, 7) is 13.4. The first-order chi connectivity index (χ1) is 14.5. The number of hydrogen-bond donors (Lipinski definition) is 0. The molecule has 2 heterocycles. The second kappa shape index (κ2) is 8.10. The minimum absolute atomic E-state index is 1.05. The van der Waals surface area contributed by atoms with E-state index in [-0.39, 0.29) is 0 Å². The van der Waals surface area contributed by atoms with Gasteiger partial charge < -0.3 is 0 Å². The van der Waals surface area contributed by atoms with Gasteiger partial charge in [-0.3, -0.25) is 0 Å². The summed E-state index contributed by atoms with van der Waals surface area (Å²) in [5.41, 5.74) is 13.5. The fourth-order valence-corrected chi connectivity index (χ4v) is 4.91. The Bertz CT molecular complexity index is 1180. The van der Waals surface area contributed by atoms with E-state index in [4.69, 9.17) is 0 Å². The standard InChI is InChI=1S/C28H33N2/c1-7-22-15-23(8-2)27(24(9-3)16-22)26-12-10-11-25-17-29(18-30(25)26)28-20(5)13-19(4)14-21(28)6/h10-18H,7-9H2,1-6H3/q+1. The summed E-state index contributed by atoms with van der Waals surface area (Å²) in [5, 5.41) is 0. The lowest BCUT2D eigenvalue weighted by Crippen LogP contribution is -2.29. The number of aromatic nitrogens is 2. The molecule has 4 aromatic rings. The maximum Gasteiger partial charge on any atom is 0.254 e. The largest absolute Gasteiger partial charge is 0.254 e. The van der Waals surface area contributed by atoms with Gasteiger partial charge in [0, 0.05) is 5.56 Å². The molecular formula is C28H33N2+. The third-order valence-corrected chi connectivity index (χ3v) is 6.25. The first-order valence-electron chi connectivity index (χ1n) is 11.2. The molecule has 154 valence electrons. The Kier molecular flexibility index (Phi) is 5.51. The lowest BCUT2D eigenvalue weighted by Gasteiger charge is -2.14. The van der Waals surface area contributed by atoms with Crippen LogP contribution >= 0.6 is 0 Å². The molecule has 0 fully saturated rings. The summed E-state index contributed by atoms with van der Waals surface area (Å²) < 4.78 is 4.65. The highest BCUT2D eigenvalue weighted by Gasteiger charge is 2.20. The van der Waals surface area contributed by atoms with Crippen LogP contribution in [0.5, 0.6) is 0 Å². The maximum absolute atomic E-state index is 2.40. The van der Waals surface area contributed by atoms with Gasteiger partial charge in [0.1, 0.15) is 17.6 Å². The van der Waals surface area contributed by atoms with Crippen molar-refractivity contribution in [1.82, 2.24) is 4.40 Å². The quantitative estimate of drug-likeness (QED) is 0.340. The van der Waals surface area contributed by atoms with E-state index in [0.29, 0.717) is 0 Å². The molecule has 0 aliphatic heterocycles. The highest BCUT2D eigenvalue weighted by molar-refractivity contribution is 5.72. The average Bonchev–Trinajstić information content (AvgIpc) is 3.15. The molecule has 0 radical (unpaired) electrons. The van der Waals surface area contributed by atoms with Gasteiger partial charge in [-0.15, -0.1) is 0 Å². The fourth-order valence-electron chi connectivity index (χ4n) is 4.91. The first kappa shape index (κ1) is 20.4. The van der Waals surface area contributed by atoms with Gasteiger partial charge in [0.2, 0.25) is 0 Å². The third kappa shape index (κ3) is 3.45. The number of rotatable bonds is 5. The van der Waals surface area contributed by atoms with Gasteiger partial charge in [0.15, 0.2) is 5.52 Å². The Morgan fingerprint density at radius 1 is 0.800 bits per heavy atom. The van der Waals surface area contributed by atoms with Crippen molar-refractivity contribution in [2.24, 2.45) is 0 Å². The van der Waals surface area contributed by atoms with Crippen molar-refractivity contribution >= 4 is 5.52 Å². The van der Waals surface area contributed by atoms with Crippen molar-refractivity contribution < 1.29 is 4.57 Å². The van der Waals surface area contributed by atoms with Gasteiger partial charge in [-0.1, -0.05) is 56.7 Å². The Balaban J connectivity index is 1.98. The highest BCUT2D eigenvalue weighted by Crippen LogP contribution is 2.31. The topological polar surface area (TPSA) is 8.29 Å². The van der Waals surface area contributed by atoms with Crippen LogP contribution in [0.4, 0.5) is 0 Å². The minimum Gasteiger partial charge on any atom is -0.201 e. The van der Waals surface area contributed by atoms with Crippen LogP contribution in [-0.4, -0.2) is 4.40 Å². The van der Waals surface area contributed by atoms with Crippen LogP contribution in [0.3, 0.4) is 0 Å². The lowest BCUT2D eigenvalue weighted by atomic mass is 9.91. The van der Waals surface area contributed by atoms with Crippen LogP contribution in [0.25, 0.3) is 22.5 Å². The van der Waals surface area contributed by atoms with Gasteiger partial charge >= 0.3 is 0 Å². The molecule has 0 spiro atoms. The smallest absolute Gasteiger partial charge is 0.201 e. The number of aryl methyl sites for hydroxylation is 6. The normalized spacial score (nSPS) is 11.4. The Morgan fingerprint density at radius 2 is 1.43 bits per heavy atom. The summed E-state index contributed by atoms with van der Waals surface area (Å²) in [7, 11) is 0. The molecule has 0 unspecified atom stereocenters. The molecule has 4 rings (SSSR count). The van der Waals surface area contributed by atoms with Crippen LogP contribution in [0, 0.1) is 20.8 Å². The number of fused-ring (bicyclic) bond motifs is 1. The van der Waals surface area contributed by atoms with E-state index in [9.17, 15) is 0 Å². The fraction of sp³-hybridized carbons (Fsp3) is 0.321. The molecule has 2 heteroatoms. The van der Waals surface area contributed by atoms with Crippen molar-refractivity contribution in [3.63, 3.8) is 0 Å². The number of nitrogens with zero attached hydrogens (tertiary/aromatic N) is 2. The molecule has 0 saturated heterocycles. The van der Waals surface area contributed by atoms with Crippen LogP contribution in [0.1, 0.15) is 54.2 Å². The van der Waals surface area contributed by atoms with Crippen LogP contribution < -0.4 is 4.57 Å². The summed E-state index contributed by atoms with van der Waals surface area (Å²) in [4.78, 5) is 0. The Hall–Kier alpha value is -2.87. The SMILES string of the molecule is CCc1cc(CC)c(-c2cccc3c[n+](-c4c(C)cc(C)cc4C)cn23)c(CC)c1. The van der Waals surface area contributed by atoms with Crippen LogP contribution in [-0.2, 0) is 19.3 Å². The van der Waals surface area contributed by atoms with Gasteiger partial charge in [0.25, 0.3) is 6.33 Å². The molecule has 0 amide bonds. The van der Waals surface area contributed by atoms with Gasteiger partial charge in [-0.25, -0.2) is 4.57 Å². The van der Waals surface area contributed by atoms with Gasteiger partial charge in [0.05, 0.1) is 0 Å². The Morgan fingerprint density at radius 3 is 2.00 bits per heavy atom. The first-order valence-corrected chi connectivity index (χ1v) is 11.2. The zero-order valence-corrected chi connectivity index (χ0v) is 19.2. The molecule has 0 atom stereocenters. The molecule has 0 aliphatic carbocycles. The van der Waals surface area contributed by atoms with E-state index < -0.39 is 0 Å². The number of hydrogen-bond acceptors (Lipinski definition) is 0. The van der Waals surface area contributed by atoms with Crippen molar-refractivity contribution in [2.75, 3.05) is 0 Å². The van der Waals surface area contributed by atoms with Crippen molar-refractivity contribution in [3.8, 4) is 16.9 Å². The van der Waals surface area contributed by atoms with Crippen molar-refractivity contribution in [2.45, 2.75) is 60.8 Å². The lowest BCUT2D eigenvalue weighted by molar-refractivity contribution is -0.594. The van der Waals surface area contributed by atoms with Crippen molar-refractivity contribution in [1.29, 1.82) is 0 Å². The zero-order valence-electron chi connectivity index (χ0n) is 19.2. The van der Waals surface area contributed by atoms with E-state index in [1.807, 2.05) is 0 Å². The summed E-state index contributed by atoms with van der Waals surface area (Å²) in [6, 6.07) is 16.0. The summed E-state index contributed by atoms with van der Waals surface area (Å²) in [6.07, 6.45) is 7.68. The summed E-state index contributed by atoms with van der Waals surface area (Å²) >= 11 is 0. The molecular weight excluding hydrogens is 364 g/mol. The molecule has 2 aromatic carbocycles. The molecule has 0 bridgehead atoms. The number of imidazole rings is 1. The number of benzene rings is 2. The Labute approximate surface area is 180 Å². The van der Waals surface area contributed by atoms with Gasteiger partial charge in [-0.05, 0) is 80.0 Å². The van der Waals surface area contributed by atoms with E-state index in [2.05, 4.69) is 105 Å². The second-order valence-electron chi connectivity index (χ2n) is 8.45.